The van der Waals surface area contributed by atoms with Crippen LogP contribution in [0.3, 0.4) is 0 Å². The number of aliphatic carboxylic acids is 1. The topological polar surface area (TPSA) is 80.9 Å². The number of benzene rings is 1. The standard InChI is InChI=1S/C10H9ClN4O2/c1-6(10(16)17)15-13-9(12-14-15)7-2-4-8(11)5-3-7/h2-6H,1H3,(H,16,17). The minimum atomic E-state index is -1.01. The van der Waals surface area contributed by atoms with E-state index >= 15 is 0 Å². The summed E-state index contributed by atoms with van der Waals surface area (Å²) in [6, 6.07) is 6.06. The van der Waals surface area contributed by atoms with Gasteiger partial charge in [0.2, 0.25) is 5.82 Å². The molecule has 0 saturated carbocycles. The lowest BCUT2D eigenvalue weighted by molar-refractivity contribution is -0.141. The Labute approximate surface area is 102 Å². The van der Waals surface area contributed by atoms with Gasteiger partial charge in [-0.15, -0.1) is 15.0 Å². The van der Waals surface area contributed by atoms with Gasteiger partial charge >= 0.3 is 5.97 Å². The molecule has 7 heteroatoms. The third-order valence-electron chi connectivity index (χ3n) is 2.23. The Bertz CT molecular complexity index is 537. The van der Waals surface area contributed by atoms with Crippen LogP contribution in [0.25, 0.3) is 11.4 Å². The second kappa shape index (κ2) is 4.50. The molecule has 0 amide bonds. The van der Waals surface area contributed by atoms with Crippen LogP contribution in [0.5, 0.6) is 0 Å². The fraction of sp³-hybridized carbons (Fsp3) is 0.200. The van der Waals surface area contributed by atoms with Crippen molar-refractivity contribution in [3.05, 3.63) is 29.3 Å². The number of nitrogens with zero attached hydrogens (tertiary/aromatic N) is 4. The highest BCUT2D eigenvalue weighted by molar-refractivity contribution is 6.30. The van der Waals surface area contributed by atoms with Gasteiger partial charge in [0.05, 0.1) is 0 Å². The van der Waals surface area contributed by atoms with Crippen molar-refractivity contribution in [3.63, 3.8) is 0 Å². The molecule has 0 aliphatic rings. The lowest BCUT2D eigenvalue weighted by atomic mass is 10.2. The van der Waals surface area contributed by atoms with Crippen LogP contribution >= 0.6 is 11.6 Å². The summed E-state index contributed by atoms with van der Waals surface area (Å²) in [6.45, 7) is 1.48. The quantitative estimate of drug-likeness (QED) is 0.898. The predicted molar refractivity (Wildman–Crippen MR) is 60.6 cm³/mol. The molecule has 1 N–H and O–H groups in total. The lowest BCUT2D eigenvalue weighted by Gasteiger charge is -2.01. The van der Waals surface area contributed by atoms with Crippen molar-refractivity contribution in [2.75, 3.05) is 0 Å². The van der Waals surface area contributed by atoms with Crippen LogP contribution in [-0.4, -0.2) is 31.3 Å². The van der Waals surface area contributed by atoms with Gasteiger partial charge in [-0.05, 0) is 36.4 Å². The highest BCUT2D eigenvalue weighted by Crippen LogP contribution is 2.17. The smallest absolute Gasteiger partial charge is 0.330 e. The summed E-state index contributed by atoms with van der Waals surface area (Å²) in [5, 5.41) is 20.9. The molecule has 88 valence electrons. The van der Waals surface area contributed by atoms with E-state index in [1.165, 1.54) is 6.92 Å². The van der Waals surface area contributed by atoms with E-state index in [0.29, 0.717) is 10.8 Å². The van der Waals surface area contributed by atoms with E-state index in [2.05, 4.69) is 15.4 Å². The minimum Gasteiger partial charge on any atom is -0.480 e. The monoisotopic (exact) mass is 252 g/mol. The van der Waals surface area contributed by atoms with Gasteiger partial charge in [-0.3, -0.25) is 0 Å². The van der Waals surface area contributed by atoms with Gasteiger partial charge < -0.3 is 5.11 Å². The molecule has 0 radical (unpaired) electrons. The van der Waals surface area contributed by atoms with Crippen molar-refractivity contribution in [2.24, 2.45) is 0 Å². The normalized spacial score (nSPS) is 12.4. The molecule has 0 saturated heterocycles. The van der Waals surface area contributed by atoms with E-state index < -0.39 is 12.0 Å². The number of rotatable bonds is 3. The number of aromatic nitrogens is 4. The van der Waals surface area contributed by atoms with E-state index in [-0.39, 0.29) is 0 Å². The van der Waals surface area contributed by atoms with Crippen LogP contribution in [0.2, 0.25) is 5.02 Å². The third-order valence-corrected chi connectivity index (χ3v) is 2.49. The Morgan fingerprint density at radius 1 is 1.41 bits per heavy atom. The maximum absolute atomic E-state index is 10.7. The van der Waals surface area contributed by atoms with Crippen LogP contribution in [0.4, 0.5) is 0 Å². The first-order valence-corrected chi connectivity index (χ1v) is 5.24. The second-order valence-electron chi connectivity index (χ2n) is 3.45. The average Bonchev–Trinajstić information content (AvgIpc) is 2.78. The zero-order valence-corrected chi connectivity index (χ0v) is 9.66. The van der Waals surface area contributed by atoms with Crippen LogP contribution in [0.1, 0.15) is 13.0 Å². The first kappa shape index (κ1) is 11.5. The molecule has 1 atom stereocenters. The summed E-state index contributed by atoms with van der Waals surface area (Å²) >= 11 is 5.76. The van der Waals surface area contributed by atoms with Crippen LogP contribution in [0, 0.1) is 0 Å². The Morgan fingerprint density at radius 2 is 2.06 bits per heavy atom. The Hall–Kier alpha value is -1.95. The molecule has 0 spiro atoms. The molecule has 1 aromatic heterocycles. The minimum absolute atomic E-state index is 0.370. The number of tetrazole rings is 1. The summed E-state index contributed by atoms with van der Waals surface area (Å²) in [6.07, 6.45) is 0. The molecule has 1 heterocycles. The highest BCUT2D eigenvalue weighted by atomic mass is 35.5. The van der Waals surface area contributed by atoms with Gasteiger partial charge in [-0.25, -0.2) is 4.79 Å². The molecule has 6 nitrogen and oxygen atoms in total. The fourth-order valence-electron chi connectivity index (χ4n) is 1.20. The summed E-state index contributed by atoms with van der Waals surface area (Å²) < 4.78 is 0. The molecular formula is C10H9ClN4O2. The van der Waals surface area contributed by atoms with Gasteiger partial charge in [0, 0.05) is 10.6 Å². The van der Waals surface area contributed by atoms with Gasteiger partial charge in [-0.1, -0.05) is 11.6 Å². The number of carbonyl (C=O) groups is 1. The zero-order valence-electron chi connectivity index (χ0n) is 8.91. The van der Waals surface area contributed by atoms with Crippen molar-refractivity contribution in [2.45, 2.75) is 13.0 Å². The summed E-state index contributed by atoms with van der Waals surface area (Å²) in [5.41, 5.74) is 0.734. The van der Waals surface area contributed by atoms with Gasteiger partial charge in [0.1, 0.15) is 0 Å². The lowest BCUT2D eigenvalue weighted by Crippen LogP contribution is -2.18. The van der Waals surface area contributed by atoms with Gasteiger partial charge in [-0.2, -0.15) is 0 Å². The van der Waals surface area contributed by atoms with Crippen molar-refractivity contribution >= 4 is 17.6 Å². The number of hydrogen-bond donors (Lipinski definition) is 1. The largest absolute Gasteiger partial charge is 0.480 e. The summed E-state index contributed by atoms with van der Waals surface area (Å²) in [4.78, 5) is 11.8. The van der Waals surface area contributed by atoms with Crippen molar-refractivity contribution in [1.29, 1.82) is 0 Å². The van der Waals surface area contributed by atoms with E-state index in [1.807, 2.05) is 0 Å². The first-order valence-electron chi connectivity index (χ1n) is 4.86. The van der Waals surface area contributed by atoms with Crippen LogP contribution < -0.4 is 0 Å². The summed E-state index contributed by atoms with van der Waals surface area (Å²) in [5.74, 6) is -0.639. The van der Waals surface area contributed by atoms with Crippen molar-refractivity contribution < 1.29 is 9.90 Å². The van der Waals surface area contributed by atoms with Crippen molar-refractivity contribution in [1.82, 2.24) is 20.2 Å². The number of carboxylic acids is 1. The predicted octanol–water partition coefficient (Wildman–Crippen LogP) is 1.64. The van der Waals surface area contributed by atoms with Gasteiger partial charge in [0.25, 0.3) is 0 Å². The van der Waals surface area contributed by atoms with Crippen LogP contribution in [0.15, 0.2) is 24.3 Å². The second-order valence-corrected chi connectivity index (χ2v) is 3.89. The molecule has 2 rings (SSSR count). The maximum atomic E-state index is 10.7. The summed E-state index contributed by atoms with van der Waals surface area (Å²) in [7, 11) is 0. The molecule has 2 aromatic rings. The van der Waals surface area contributed by atoms with E-state index in [4.69, 9.17) is 16.7 Å². The van der Waals surface area contributed by atoms with Crippen molar-refractivity contribution in [3.8, 4) is 11.4 Å². The fourth-order valence-corrected chi connectivity index (χ4v) is 1.33. The molecule has 1 unspecified atom stereocenters. The van der Waals surface area contributed by atoms with E-state index in [0.717, 1.165) is 10.4 Å². The highest BCUT2D eigenvalue weighted by Gasteiger charge is 2.17. The van der Waals surface area contributed by atoms with Crippen LogP contribution in [-0.2, 0) is 4.79 Å². The Balaban J connectivity index is 2.29. The molecule has 0 aliphatic heterocycles. The molecule has 17 heavy (non-hydrogen) atoms. The number of hydrogen-bond acceptors (Lipinski definition) is 4. The first-order chi connectivity index (χ1) is 8.08. The SMILES string of the molecule is CC(C(=O)O)n1nnc(-c2ccc(Cl)cc2)n1. The molecule has 0 bridgehead atoms. The number of carboxylic acid groups (broad SMARTS) is 1. The molecule has 1 aromatic carbocycles. The van der Waals surface area contributed by atoms with E-state index in [9.17, 15) is 4.79 Å². The van der Waals surface area contributed by atoms with E-state index in [1.54, 1.807) is 24.3 Å². The average molecular weight is 253 g/mol. The zero-order chi connectivity index (χ0) is 12.4. The molecular weight excluding hydrogens is 244 g/mol. The maximum Gasteiger partial charge on any atom is 0.330 e. The molecule has 0 fully saturated rings. The number of halogens is 1. The van der Waals surface area contributed by atoms with Gasteiger partial charge in [0.15, 0.2) is 6.04 Å². The molecule has 0 aliphatic carbocycles. The Morgan fingerprint density at radius 3 is 2.65 bits per heavy atom. The third kappa shape index (κ3) is 2.42. The Kier molecular flexibility index (Phi) is 3.06.